The third kappa shape index (κ3) is 2.47. The lowest BCUT2D eigenvalue weighted by atomic mass is 10.1. The predicted molar refractivity (Wildman–Crippen MR) is 81.3 cm³/mol. The molecule has 0 aliphatic carbocycles. The molecule has 1 aromatic carbocycles. The molecule has 0 saturated heterocycles. The maximum absolute atomic E-state index is 12.3. The Balaban J connectivity index is 1.95. The third-order valence-corrected chi connectivity index (χ3v) is 4.42. The molecule has 20 heavy (non-hydrogen) atoms. The van der Waals surface area contributed by atoms with Crippen LogP contribution < -0.4 is 0 Å². The lowest BCUT2D eigenvalue weighted by Gasteiger charge is -2.01. The van der Waals surface area contributed by atoms with Gasteiger partial charge in [0.1, 0.15) is 11.2 Å². The van der Waals surface area contributed by atoms with Crippen molar-refractivity contribution in [2.75, 3.05) is 0 Å². The van der Waals surface area contributed by atoms with Gasteiger partial charge in [0, 0.05) is 15.8 Å². The van der Waals surface area contributed by atoms with Crippen molar-refractivity contribution in [3.63, 3.8) is 0 Å². The van der Waals surface area contributed by atoms with E-state index in [4.69, 9.17) is 0 Å². The molecule has 100 valence electrons. The van der Waals surface area contributed by atoms with Gasteiger partial charge in [0.05, 0.1) is 12.1 Å². The number of Topliss-reactive ketones (excluding diaryl/α,β-unsaturated/α-hetero) is 1. The highest BCUT2D eigenvalue weighted by atomic mass is 32.1. The summed E-state index contributed by atoms with van der Waals surface area (Å²) in [4.78, 5) is 23.1. The van der Waals surface area contributed by atoms with Crippen molar-refractivity contribution >= 4 is 27.3 Å². The number of aryl methyl sites for hydroxylation is 1. The Bertz CT molecular complexity index is 750. The van der Waals surface area contributed by atoms with E-state index < -0.39 is 0 Å². The highest BCUT2D eigenvalue weighted by Gasteiger charge is 2.12. The average Bonchev–Trinajstić information content (AvgIpc) is 2.92. The van der Waals surface area contributed by atoms with Crippen molar-refractivity contribution in [3.8, 4) is 0 Å². The number of aromatic nitrogens is 2. The molecule has 0 aliphatic heterocycles. The molecule has 0 spiro atoms. The first-order valence-electron chi connectivity index (χ1n) is 6.58. The van der Waals surface area contributed by atoms with Crippen LogP contribution in [0.3, 0.4) is 0 Å². The Kier molecular flexibility index (Phi) is 3.56. The van der Waals surface area contributed by atoms with Gasteiger partial charge >= 0.3 is 0 Å². The Morgan fingerprint density at radius 3 is 2.75 bits per heavy atom. The maximum Gasteiger partial charge on any atom is 0.168 e. The summed E-state index contributed by atoms with van der Waals surface area (Å²) in [6.45, 7) is 2.12. The Hall–Kier alpha value is -2.07. The second-order valence-electron chi connectivity index (χ2n) is 4.57. The number of hydrogen-bond acceptors (Lipinski definition) is 4. The van der Waals surface area contributed by atoms with Gasteiger partial charge in [0.25, 0.3) is 0 Å². The zero-order valence-electron chi connectivity index (χ0n) is 11.2. The zero-order chi connectivity index (χ0) is 13.9. The van der Waals surface area contributed by atoms with Gasteiger partial charge in [-0.25, -0.2) is 9.97 Å². The van der Waals surface area contributed by atoms with E-state index in [1.165, 1.54) is 4.88 Å². The second-order valence-corrected chi connectivity index (χ2v) is 5.69. The van der Waals surface area contributed by atoms with Crippen LogP contribution in [0, 0.1) is 0 Å². The number of ketones is 1. The van der Waals surface area contributed by atoms with Gasteiger partial charge in [0.15, 0.2) is 5.78 Å². The van der Waals surface area contributed by atoms with Gasteiger partial charge < -0.3 is 0 Å². The van der Waals surface area contributed by atoms with Gasteiger partial charge in [-0.3, -0.25) is 4.79 Å². The van der Waals surface area contributed by atoms with Crippen LogP contribution in [0.1, 0.15) is 27.9 Å². The minimum absolute atomic E-state index is 0.0925. The molecule has 3 rings (SSSR count). The normalized spacial score (nSPS) is 10.8. The van der Waals surface area contributed by atoms with Crippen molar-refractivity contribution in [2.24, 2.45) is 0 Å². The molecule has 2 heterocycles. The zero-order valence-corrected chi connectivity index (χ0v) is 12.0. The van der Waals surface area contributed by atoms with Crippen LogP contribution in [-0.4, -0.2) is 15.8 Å². The summed E-state index contributed by atoms with van der Waals surface area (Å²) in [7, 11) is 0. The molecule has 2 aromatic heterocycles. The van der Waals surface area contributed by atoms with Crippen molar-refractivity contribution < 1.29 is 4.79 Å². The lowest BCUT2D eigenvalue weighted by Crippen LogP contribution is -2.05. The first-order chi connectivity index (χ1) is 9.78. The number of carbonyl (C=O) groups is 1. The quantitative estimate of drug-likeness (QED) is 0.686. The third-order valence-electron chi connectivity index (χ3n) is 3.24. The monoisotopic (exact) mass is 282 g/mol. The predicted octanol–water partition coefficient (Wildman–Crippen LogP) is 3.68. The molecular weight excluding hydrogens is 268 g/mol. The van der Waals surface area contributed by atoms with Crippen molar-refractivity contribution in [2.45, 2.75) is 19.8 Å². The van der Waals surface area contributed by atoms with Gasteiger partial charge in [0.2, 0.25) is 0 Å². The van der Waals surface area contributed by atoms with Gasteiger partial charge in [-0.2, -0.15) is 0 Å². The summed E-state index contributed by atoms with van der Waals surface area (Å²) >= 11 is 1.67. The minimum Gasteiger partial charge on any atom is -0.294 e. The summed E-state index contributed by atoms with van der Waals surface area (Å²) in [6.07, 6.45) is 2.85. The smallest absolute Gasteiger partial charge is 0.168 e. The number of rotatable bonds is 4. The molecule has 0 radical (unpaired) electrons. The second kappa shape index (κ2) is 5.51. The van der Waals surface area contributed by atoms with Crippen LogP contribution >= 0.6 is 11.3 Å². The maximum atomic E-state index is 12.3. The number of hydrogen-bond donors (Lipinski definition) is 0. The number of benzene rings is 1. The molecule has 0 N–H and O–H groups in total. The molecule has 3 aromatic rings. The van der Waals surface area contributed by atoms with Crippen LogP contribution in [0.2, 0.25) is 0 Å². The molecule has 0 aliphatic rings. The van der Waals surface area contributed by atoms with E-state index in [1.807, 2.05) is 30.3 Å². The molecule has 0 fully saturated rings. The van der Waals surface area contributed by atoms with Gasteiger partial charge in [-0.05, 0) is 12.5 Å². The Morgan fingerprint density at radius 2 is 2.00 bits per heavy atom. The van der Waals surface area contributed by atoms with E-state index >= 15 is 0 Å². The van der Waals surface area contributed by atoms with E-state index in [-0.39, 0.29) is 5.78 Å². The molecule has 0 atom stereocenters. The fourth-order valence-electron chi connectivity index (χ4n) is 2.15. The number of fused-ring (bicyclic) bond motifs is 1. The van der Waals surface area contributed by atoms with Crippen LogP contribution in [-0.2, 0) is 12.8 Å². The lowest BCUT2D eigenvalue weighted by molar-refractivity contribution is 0.0992. The summed E-state index contributed by atoms with van der Waals surface area (Å²) in [5.41, 5.74) is 1.55. The number of carbonyl (C=O) groups excluding carboxylic acids is 1. The van der Waals surface area contributed by atoms with Crippen LogP contribution in [0.15, 0.2) is 42.7 Å². The largest absolute Gasteiger partial charge is 0.294 e. The SMILES string of the molecule is CCc1cc2c(CC(=O)c3ccccc3)ncnc2s1. The molecular formula is C16H14N2OS. The van der Waals surface area contributed by atoms with E-state index in [9.17, 15) is 4.79 Å². The van der Waals surface area contributed by atoms with Gasteiger partial charge in [-0.1, -0.05) is 37.3 Å². The van der Waals surface area contributed by atoms with Gasteiger partial charge in [-0.15, -0.1) is 11.3 Å². The molecule has 0 saturated carbocycles. The van der Waals surface area contributed by atoms with Crippen molar-refractivity contribution in [3.05, 3.63) is 58.9 Å². The Labute approximate surface area is 121 Å². The van der Waals surface area contributed by atoms with E-state index in [0.717, 1.165) is 27.9 Å². The first kappa shape index (κ1) is 12.9. The minimum atomic E-state index is 0.0925. The fraction of sp³-hybridized carbons (Fsp3) is 0.188. The van der Waals surface area contributed by atoms with Crippen LogP contribution in [0.5, 0.6) is 0 Å². The number of nitrogens with zero attached hydrogens (tertiary/aromatic N) is 2. The molecule has 3 nitrogen and oxygen atoms in total. The Morgan fingerprint density at radius 1 is 1.20 bits per heavy atom. The molecule has 0 amide bonds. The van der Waals surface area contributed by atoms with E-state index in [1.54, 1.807) is 17.7 Å². The fourth-order valence-corrected chi connectivity index (χ4v) is 3.10. The van der Waals surface area contributed by atoms with Crippen LogP contribution in [0.25, 0.3) is 10.2 Å². The summed E-state index contributed by atoms with van der Waals surface area (Å²) < 4.78 is 0. The average molecular weight is 282 g/mol. The first-order valence-corrected chi connectivity index (χ1v) is 7.40. The summed E-state index contributed by atoms with van der Waals surface area (Å²) in [6, 6.07) is 11.4. The topological polar surface area (TPSA) is 42.9 Å². The van der Waals surface area contributed by atoms with Crippen LogP contribution in [0.4, 0.5) is 0 Å². The van der Waals surface area contributed by atoms with Crippen molar-refractivity contribution in [1.29, 1.82) is 0 Å². The standard InChI is InChI=1S/C16H14N2OS/c1-2-12-8-13-14(17-10-18-16(13)20-12)9-15(19)11-6-4-3-5-7-11/h3-8,10H,2,9H2,1H3. The summed E-state index contributed by atoms with van der Waals surface area (Å²) in [5.74, 6) is 0.0925. The van der Waals surface area contributed by atoms with E-state index in [0.29, 0.717) is 6.42 Å². The highest BCUT2D eigenvalue weighted by molar-refractivity contribution is 7.18. The highest BCUT2D eigenvalue weighted by Crippen LogP contribution is 2.26. The van der Waals surface area contributed by atoms with Crippen molar-refractivity contribution in [1.82, 2.24) is 9.97 Å². The molecule has 0 unspecified atom stereocenters. The number of thiophene rings is 1. The summed E-state index contributed by atoms with van der Waals surface area (Å²) in [5, 5.41) is 1.01. The molecule has 0 bridgehead atoms. The molecule has 4 heteroatoms. The van der Waals surface area contributed by atoms with E-state index in [2.05, 4.69) is 23.0 Å².